The van der Waals surface area contributed by atoms with Crippen LogP contribution in [-0.4, -0.2) is 30.0 Å². The number of nitrogens with zero attached hydrogens (tertiary/aromatic N) is 1. The standard InChI is InChI=1S/C18H15N3O4S2/c22-16(8-13-10-27-18(19-13)12-3-6-26-9-12)20-21-17(23)11-1-2-14-15(7-11)25-5-4-24-14/h1-3,6-7,9-10H,4-5,8H2,(H,20,22)(H,21,23). The topological polar surface area (TPSA) is 89.6 Å². The molecule has 0 spiro atoms. The van der Waals surface area contributed by atoms with E-state index in [2.05, 4.69) is 15.8 Å². The number of hydrazine groups is 1. The highest BCUT2D eigenvalue weighted by Gasteiger charge is 2.16. The van der Waals surface area contributed by atoms with Crippen molar-refractivity contribution in [2.24, 2.45) is 0 Å². The van der Waals surface area contributed by atoms with Crippen LogP contribution in [-0.2, 0) is 11.2 Å². The fourth-order valence-electron chi connectivity index (χ4n) is 2.50. The van der Waals surface area contributed by atoms with Crippen LogP contribution in [0.15, 0.2) is 40.4 Å². The van der Waals surface area contributed by atoms with Gasteiger partial charge in [0.2, 0.25) is 5.91 Å². The first kappa shape index (κ1) is 17.5. The van der Waals surface area contributed by atoms with Gasteiger partial charge in [0.05, 0.1) is 12.1 Å². The van der Waals surface area contributed by atoms with Crippen LogP contribution in [0.25, 0.3) is 10.6 Å². The Morgan fingerprint density at radius 2 is 1.93 bits per heavy atom. The number of carbonyl (C=O) groups is 2. The number of amides is 2. The van der Waals surface area contributed by atoms with Gasteiger partial charge in [0, 0.05) is 21.9 Å². The maximum absolute atomic E-state index is 12.2. The van der Waals surface area contributed by atoms with Gasteiger partial charge in [-0.1, -0.05) is 0 Å². The molecule has 4 rings (SSSR count). The Morgan fingerprint density at radius 3 is 2.74 bits per heavy atom. The Morgan fingerprint density at radius 1 is 1.07 bits per heavy atom. The van der Waals surface area contributed by atoms with Gasteiger partial charge in [0.25, 0.3) is 5.91 Å². The number of benzene rings is 1. The zero-order valence-corrected chi connectivity index (χ0v) is 15.7. The highest BCUT2D eigenvalue weighted by Crippen LogP contribution is 2.30. The maximum Gasteiger partial charge on any atom is 0.269 e. The van der Waals surface area contributed by atoms with Crippen molar-refractivity contribution in [3.8, 4) is 22.1 Å². The Labute approximate surface area is 162 Å². The number of fused-ring (bicyclic) bond motifs is 1. The zero-order chi connectivity index (χ0) is 18.6. The summed E-state index contributed by atoms with van der Waals surface area (Å²) in [6.45, 7) is 0.926. The molecule has 2 N–H and O–H groups in total. The second kappa shape index (κ2) is 7.77. The lowest BCUT2D eigenvalue weighted by Gasteiger charge is -2.18. The predicted molar refractivity (Wildman–Crippen MR) is 102 cm³/mol. The van der Waals surface area contributed by atoms with Crippen LogP contribution in [0.2, 0.25) is 0 Å². The molecular weight excluding hydrogens is 386 g/mol. The Bertz CT molecular complexity index is 969. The second-order valence-electron chi connectivity index (χ2n) is 5.69. The van der Waals surface area contributed by atoms with Crippen LogP contribution in [0, 0.1) is 0 Å². The average Bonchev–Trinajstić information content (AvgIpc) is 3.37. The summed E-state index contributed by atoms with van der Waals surface area (Å²) in [5.74, 6) is 0.344. The lowest BCUT2D eigenvalue weighted by molar-refractivity contribution is -0.121. The first-order valence-electron chi connectivity index (χ1n) is 8.15. The molecule has 0 aliphatic carbocycles. The van der Waals surface area contributed by atoms with Gasteiger partial charge < -0.3 is 9.47 Å². The van der Waals surface area contributed by atoms with Crippen LogP contribution in [0.1, 0.15) is 16.1 Å². The van der Waals surface area contributed by atoms with Gasteiger partial charge in [0.15, 0.2) is 11.5 Å². The molecule has 138 valence electrons. The Kier molecular flexibility index (Phi) is 5.03. The summed E-state index contributed by atoms with van der Waals surface area (Å²) in [4.78, 5) is 28.7. The number of aromatic nitrogens is 1. The molecule has 1 aromatic carbocycles. The van der Waals surface area contributed by atoms with Gasteiger partial charge in [-0.2, -0.15) is 11.3 Å². The Hall–Kier alpha value is -2.91. The first-order chi connectivity index (χ1) is 13.2. The number of nitrogens with one attached hydrogen (secondary N) is 2. The largest absolute Gasteiger partial charge is 0.486 e. The molecule has 0 fully saturated rings. The van der Waals surface area contributed by atoms with Crippen molar-refractivity contribution in [2.45, 2.75) is 6.42 Å². The van der Waals surface area contributed by atoms with Crippen molar-refractivity contribution in [1.29, 1.82) is 0 Å². The van der Waals surface area contributed by atoms with Crippen molar-refractivity contribution in [3.05, 3.63) is 51.7 Å². The highest BCUT2D eigenvalue weighted by atomic mass is 32.1. The Balaban J connectivity index is 1.32. The number of hydrogen-bond donors (Lipinski definition) is 2. The lowest BCUT2D eigenvalue weighted by atomic mass is 10.2. The molecule has 0 bridgehead atoms. The molecule has 2 amide bonds. The van der Waals surface area contributed by atoms with Crippen LogP contribution in [0.5, 0.6) is 11.5 Å². The molecule has 27 heavy (non-hydrogen) atoms. The monoisotopic (exact) mass is 401 g/mol. The molecule has 0 unspecified atom stereocenters. The van der Waals surface area contributed by atoms with E-state index in [1.54, 1.807) is 29.5 Å². The maximum atomic E-state index is 12.2. The SMILES string of the molecule is O=C(Cc1csc(-c2ccsc2)n1)NNC(=O)c1ccc2c(c1)OCCO2. The van der Waals surface area contributed by atoms with E-state index in [0.717, 1.165) is 10.6 Å². The molecular formula is C18H15N3O4S2. The van der Waals surface area contributed by atoms with Crippen molar-refractivity contribution < 1.29 is 19.1 Å². The van der Waals surface area contributed by atoms with Crippen LogP contribution in [0.4, 0.5) is 0 Å². The van der Waals surface area contributed by atoms with Crippen molar-refractivity contribution in [3.63, 3.8) is 0 Å². The zero-order valence-electron chi connectivity index (χ0n) is 14.1. The van der Waals surface area contributed by atoms with Crippen LogP contribution < -0.4 is 20.3 Å². The van der Waals surface area contributed by atoms with E-state index < -0.39 is 5.91 Å². The van der Waals surface area contributed by atoms with Gasteiger partial charge in [-0.25, -0.2) is 4.98 Å². The second-order valence-corrected chi connectivity index (χ2v) is 7.33. The lowest BCUT2D eigenvalue weighted by Crippen LogP contribution is -2.42. The fraction of sp³-hybridized carbons (Fsp3) is 0.167. The van der Waals surface area contributed by atoms with Gasteiger partial charge in [-0.3, -0.25) is 20.4 Å². The minimum Gasteiger partial charge on any atom is -0.486 e. The van der Waals surface area contributed by atoms with E-state index in [4.69, 9.17) is 9.47 Å². The van der Waals surface area contributed by atoms with Gasteiger partial charge in [0.1, 0.15) is 18.2 Å². The third kappa shape index (κ3) is 4.09. The quantitative estimate of drug-likeness (QED) is 0.656. The smallest absolute Gasteiger partial charge is 0.269 e. The van der Waals surface area contributed by atoms with Crippen LogP contribution in [0.3, 0.4) is 0 Å². The summed E-state index contributed by atoms with van der Waals surface area (Å²) in [6.07, 6.45) is 0.0854. The minimum absolute atomic E-state index is 0.0854. The number of carbonyl (C=O) groups excluding carboxylic acids is 2. The third-order valence-electron chi connectivity index (χ3n) is 3.78. The number of ether oxygens (including phenoxy) is 2. The van der Waals surface area contributed by atoms with E-state index in [9.17, 15) is 9.59 Å². The van der Waals surface area contributed by atoms with Gasteiger partial charge in [-0.15, -0.1) is 11.3 Å². The van der Waals surface area contributed by atoms with Crippen molar-refractivity contribution >= 4 is 34.5 Å². The van der Waals surface area contributed by atoms with E-state index in [0.29, 0.717) is 36.0 Å². The summed E-state index contributed by atoms with van der Waals surface area (Å²) in [5, 5.41) is 6.71. The molecule has 3 heterocycles. The number of rotatable bonds is 4. The summed E-state index contributed by atoms with van der Waals surface area (Å²) in [5.41, 5.74) is 6.89. The van der Waals surface area contributed by atoms with Crippen molar-refractivity contribution in [1.82, 2.24) is 15.8 Å². The fourth-order valence-corrected chi connectivity index (χ4v) is 4.03. The number of hydrogen-bond acceptors (Lipinski definition) is 7. The van der Waals surface area contributed by atoms with E-state index in [1.807, 2.05) is 22.2 Å². The molecule has 7 nitrogen and oxygen atoms in total. The van der Waals surface area contributed by atoms with Crippen LogP contribution >= 0.6 is 22.7 Å². The summed E-state index contributed by atoms with van der Waals surface area (Å²) < 4.78 is 10.9. The summed E-state index contributed by atoms with van der Waals surface area (Å²) in [7, 11) is 0. The molecule has 1 aliphatic heterocycles. The van der Waals surface area contributed by atoms with E-state index >= 15 is 0 Å². The molecule has 0 saturated carbocycles. The molecule has 0 atom stereocenters. The third-order valence-corrected chi connectivity index (χ3v) is 5.40. The predicted octanol–water partition coefficient (Wildman–Crippen LogP) is 2.65. The average molecular weight is 401 g/mol. The molecule has 3 aromatic rings. The summed E-state index contributed by atoms with van der Waals surface area (Å²) in [6, 6.07) is 6.86. The minimum atomic E-state index is -0.433. The van der Waals surface area contributed by atoms with E-state index in [1.165, 1.54) is 11.3 Å². The number of thiophene rings is 1. The normalized spacial score (nSPS) is 12.4. The van der Waals surface area contributed by atoms with Crippen molar-refractivity contribution in [2.75, 3.05) is 13.2 Å². The highest BCUT2D eigenvalue weighted by molar-refractivity contribution is 7.14. The van der Waals surface area contributed by atoms with Gasteiger partial charge in [-0.05, 0) is 29.6 Å². The molecule has 0 radical (unpaired) electrons. The molecule has 2 aromatic heterocycles. The summed E-state index contributed by atoms with van der Waals surface area (Å²) >= 11 is 3.08. The first-order valence-corrected chi connectivity index (χ1v) is 9.97. The molecule has 0 saturated heterocycles. The molecule has 9 heteroatoms. The van der Waals surface area contributed by atoms with E-state index in [-0.39, 0.29) is 12.3 Å². The molecule has 1 aliphatic rings. The van der Waals surface area contributed by atoms with Gasteiger partial charge >= 0.3 is 0 Å². The number of thiazole rings is 1.